The molecule has 1 aromatic carbocycles. The Morgan fingerprint density at radius 2 is 1.90 bits per heavy atom. The maximum Gasteiger partial charge on any atom is 0.256 e. The van der Waals surface area contributed by atoms with Crippen LogP contribution >= 0.6 is 11.6 Å². The second kappa shape index (κ2) is 7.84. The second-order valence-corrected chi connectivity index (χ2v) is 7.31. The molecule has 1 atom stereocenters. The Balaban J connectivity index is 1.89. The number of halogens is 2. The van der Waals surface area contributed by atoms with Gasteiger partial charge in [-0.15, -0.1) is 0 Å². The summed E-state index contributed by atoms with van der Waals surface area (Å²) in [5, 5.41) is 0.456. The molecule has 3 heterocycles. The number of rotatable bonds is 4. The Labute approximate surface area is 176 Å². The summed E-state index contributed by atoms with van der Waals surface area (Å²) >= 11 is 5.71. The van der Waals surface area contributed by atoms with E-state index in [4.69, 9.17) is 20.8 Å². The van der Waals surface area contributed by atoms with Gasteiger partial charge in [0.1, 0.15) is 28.9 Å². The predicted octanol–water partition coefficient (Wildman–Crippen LogP) is 5.19. The zero-order valence-electron chi connectivity index (χ0n) is 16.4. The highest BCUT2D eigenvalue weighted by molar-refractivity contribution is 6.29. The highest BCUT2D eigenvalue weighted by Gasteiger charge is 2.21. The first-order valence-corrected chi connectivity index (χ1v) is 9.55. The van der Waals surface area contributed by atoms with Crippen molar-refractivity contribution in [2.24, 2.45) is 0 Å². The van der Waals surface area contributed by atoms with Crippen LogP contribution in [0.15, 0.2) is 52.2 Å². The Hall–Kier alpha value is -3.32. The molecule has 0 saturated heterocycles. The van der Waals surface area contributed by atoms with E-state index in [2.05, 4.69) is 15.0 Å². The second-order valence-electron chi connectivity index (χ2n) is 6.93. The van der Waals surface area contributed by atoms with Crippen molar-refractivity contribution in [2.45, 2.75) is 26.9 Å². The van der Waals surface area contributed by atoms with Gasteiger partial charge in [0.05, 0.1) is 10.9 Å². The molecule has 8 heteroatoms. The van der Waals surface area contributed by atoms with E-state index in [1.54, 1.807) is 32.3 Å². The average Bonchev–Trinajstić information content (AvgIpc) is 2.73. The van der Waals surface area contributed by atoms with Gasteiger partial charge in [-0.05, 0) is 50.6 Å². The zero-order valence-corrected chi connectivity index (χ0v) is 17.2. The van der Waals surface area contributed by atoms with Crippen LogP contribution in [0.4, 0.5) is 4.39 Å². The Bertz CT molecular complexity index is 1310. The lowest BCUT2D eigenvalue weighted by atomic mass is 10.0. The molecule has 0 aliphatic heterocycles. The third-order valence-corrected chi connectivity index (χ3v) is 4.95. The quantitative estimate of drug-likeness (QED) is 0.418. The molecule has 4 aromatic rings. The van der Waals surface area contributed by atoms with Crippen LogP contribution < -0.4 is 10.2 Å². The van der Waals surface area contributed by atoms with Crippen molar-refractivity contribution in [3.05, 3.63) is 81.0 Å². The molecule has 0 aliphatic carbocycles. The van der Waals surface area contributed by atoms with Gasteiger partial charge in [0.2, 0.25) is 0 Å². The van der Waals surface area contributed by atoms with E-state index < -0.39 is 12.1 Å². The molecule has 0 amide bonds. The fourth-order valence-corrected chi connectivity index (χ4v) is 3.44. The first-order valence-electron chi connectivity index (χ1n) is 9.17. The number of ether oxygens (including phenoxy) is 1. The molecular formula is C22H17ClFN3O3. The Morgan fingerprint density at radius 1 is 1.17 bits per heavy atom. The van der Waals surface area contributed by atoms with Gasteiger partial charge in [0.15, 0.2) is 11.2 Å². The Kier molecular flexibility index (Phi) is 5.22. The fraction of sp³-hybridized carbons (Fsp3) is 0.182. The van der Waals surface area contributed by atoms with E-state index in [0.29, 0.717) is 33.4 Å². The molecule has 0 radical (unpaired) electrons. The van der Waals surface area contributed by atoms with E-state index in [0.717, 1.165) is 5.56 Å². The number of aromatic nitrogens is 3. The van der Waals surface area contributed by atoms with E-state index in [1.807, 2.05) is 13.0 Å². The van der Waals surface area contributed by atoms with Crippen molar-refractivity contribution in [2.75, 3.05) is 0 Å². The lowest BCUT2D eigenvalue weighted by Crippen LogP contribution is -2.12. The van der Waals surface area contributed by atoms with Gasteiger partial charge < -0.3 is 9.15 Å². The van der Waals surface area contributed by atoms with Crippen LogP contribution in [0.1, 0.15) is 29.7 Å². The zero-order chi connectivity index (χ0) is 21.4. The molecule has 0 spiro atoms. The number of hydrogen-bond acceptors (Lipinski definition) is 6. The molecule has 0 unspecified atom stereocenters. The lowest BCUT2D eigenvalue weighted by molar-refractivity contribution is 0.213. The number of fused-ring (bicyclic) bond motifs is 1. The van der Waals surface area contributed by atoms with E-state index in [-0.39, 0.29) is 16.3 Å². The highest BCUT2D eigenvalue weighted by Crippen LogP contribution is 2.32. The van der Waals surface area contributed by atoms with Crippen molar-refractivity contribution in [1.82, 2.24) is 15.0 Å². The summed E-state index contributed by atoms with van der Waals surface area (Å²) in [5.74, 6) is -0.483. The van der Waals surface area contributed by atoms with Gasteiger partial charge in [-0.1, -0.05) is 11.6 Å². The first-order chi connectivity index (χ1) is 14.3. The van der Waals surface area contributed by atoms with Crippen LogP contribution in [-0.4, -0.2) is 15.0 Å². The van der Waals surface area contributed by atoms with E-state index >= 15 is 0 Å². The van der Waals surface area contributed by atoms with Crippen LogP contribution in [-0.2, 0) is 0 Å². The van der Waals surface area contributed by atoms with Crippen LogP contribution in [0, 0.1) is 19.8 Å². The van der Waals surface area contributed by atoms with Crippen molar-refractivity contribution in [3.8, 4) is 17.1 Å². The molecule has 30 heavy (non-hydrogen) atoms. The number of nitrogens with zero attached hydrogens (tertiary/aromatic N) is 3. The van der Waals surface area contributed by atoms with Gasteiger partial charge in [0, 0.05) is 23.5 Å². The van der Waals surface area contributed by atoms with Crippen LogP contribution in [0.3, 0.4) is 0 Å². The van der Waals surface area contributed by atoms with Crippen LogP contribution in [0.2, 0.25) is 5.15 Å². The minimum atomic E-state index is -0.814. The summed E-state index contributed by atoms with van der Waals surface area (Å²) in [6, 6.07) is 6.46. The van der Waals surface area contributed by atoms with Gasteiger partial charge in [-0.3, -0.25) is 4.79 Å². The maximum absolute atomic E-state index is 14.1. The van der Waals surface area contributed by atoms with Gasteiger partial charge in [-0.25, -0.2) is 15.0 Å². The van der Waals surface area contributed by atoms with E-state index in [9.17, 15) is 9.18 Å². The maximum atomic E-state index is 14.1. The van der Waals surface area contributed by atoms with Gasteiger partial charge in [-0.2, -0.15) is 4.39 Å². The minimum Gasteiger partial charge on any atom is -0.481 e. The average molecular weight is 426 g/mol. The van der Waals surface area contributed by atoms with Crippen molar-refractivity contribution >= 4 is 22.6 Å². The highest BCUT2D eigenvalue weighted by atomic mass is 35.5. The van der Waals surface area contributed by atoms with Crippen molar-refractivity contribution in [1.29, 1.82) is 0 Å². The molecular weight excluding hydrogens is 409 g/mol. The summed E-state index contributed by atoms with van der Waals surface area (Å²) in [6.45, 7) is 5.31. The third-order valence-electron chi connectivity index (χ3n) is 4.74. The number of hydrogen-bond donors (Lipinski definition) is 0. The molecule has 152 valence electrons. The van der Waals surface area contributed by atoms with Crippen molar-refractivity contribution in [3.63, 3.8) is 0 Å². The molecule has 0 saturated carbocycles. The van der Waals surface area contributed by atoms with Gasteiger partial charge >= 0.3 is 0 Å². The standard InChI is InChI=1S/C22H17ClFN3O3/c1-11-6-15(13(3)29-17-4-5-18(23)27-22(17)24)21-16(7-11)19(28)12(2)20(30-21)14-8-25-10-26-9-14/h4-10,13H,1-3H3/t13-/m1/s1. The molecule has 3 aromatic heterocycles. The summed E-state index contributed by atoms with van der Waals surface area (Å²) in [6.07, 6.45) is 3.92. The predicted molar refractivity (Wildman–Crippen MR) is 111 cm³/mol. The number of pyridine rings is 1. The molecule has 6 nitrogen and oxygen atoms in total. The summed E-state index contributed by atoms with van der Waals surface area (Å²) in [4.78, 5) is 24.6. The Morgan fingerprint density at radius 3 is 2.60 bits per heavy atom. The first kappa shape index (κ1) is 20.0. The normalized spacial score (nSPS) is 12.2. The van der Waals surface area contributed by atoms with E-state index in [1.165, 1.54) is 18.5 Å². The summed E-state index contributed by atoms with van der Waals surface area (Å²) in [5.41, 5.74) is 2.70. The lowest BCUT2D eigenvalue weighted by Gasteiger charge is -2.18. The summed E-state index contributed by atoms with van der Waals surface area (Å²) in [7, 11) is 0. The largest absolute Gasteiger partial charge is 0.481 e. The monoisotopic (exact) mass is 425 g/mol. The smallest absolute Gasteiger partial charge is 0.256 e. The number of benzene rings is 1. The minimum absolute atomic E-state index is 0.0321. The summed E-state index contributed by atoms with van der Waals surface area (Å²) < 4.78 is 26.1. The molecule has 0 aliphatic rings. The van der Waals surface area contributed by atoms with Gasteiger partial charge in [0.25, 0.3) is 5.95 Å². The van der Waals surface area contributed by atoms with Crippen LogP contribution in [0.25, 0.3) is 22.3 Å². The van der Waals surface area contributed by atoms with Crippen LogP contribution in [0.5, 0.6) is 5.75 Å². The topological polar surface area (TPSA) is 78.1 Å². The SMILES string of the molecule is Cc1cc([C@@H](C)Oc2ccc(Cl)nc2F)c2oc(-c3cncnc3)c(C)c(=O)c2c1. The molecule has 0 bridgehead atoms. The third kappa shape index (κ3) is 3.64. The molecule has 0 fully saturated rings. The molecule has 4 rings (SSSR count). The van der Waals surface area contributed by atoms with Crippen molar-refractivity contribution < 1.29 is 13.5 Å². The number of aryl methyl sites for hydroxylation is 1. The fourth-order valence-electron chi connectivity index (χ4n) is 3.30. The molecule has 0 N–H and O–H groups in total.